The molecule has 1 amide bonds. The molecule has 134 valence electrons. The summed E-state index contributed by atoms with van der Waals surface area (Å²) < 4.78 is 10.9. The second-order valence-electron chi connectivity index (χ2n) is 5.68. The molecule has 4 nitrogen and oxygen atoms in total. The Kier molecular flexibility index (Phi) is 6.34. The van der Waals surface area contributed by atoms with E-state index in [0.717, 1.165) is 16.9 Å². The number of ether oxygens (including phenoxy) is 1. The largest absolute Gasteiger partial charge is 0.467 e. The summed E-state index contributed by atoms with van der Waals surface area (Å²) in [5, 5.41) is 3.46. The molecule has 2 aromatic carbocycles. The van der Waals surface area contributed by atoms with Gasteiger partial charge >= 0.3 is 0 Å². The van der Waals surface area contributed by atoms with E-state index >= 15 is 0 Å². The first-order chi connectivity index (χ1) is 12.6. The number of hydrogen-bond acceptors (Lipinski definition) is 3. The topological polar surface area (TPSA) is 51.5 Å². The monoisotopic (exact) mass is 389 g/mol. The maximum Gasteiger partial charge on any atom is 0.253 e. The summed E-state index contributed by atoms with van der Waals surface area (Å²) in [4.78, 5) is 12.3. The Hall–Kier alpha value is -2.27. The van der Waals surface area contributed by atoms with Gasteiger partial charge in [-0.3, -0.25) is 4.79 Å². The summed E-state index contributed by atoms with van der Waals surface area (Å²) in [5.74, 6) is 0.517. The number of amides is 1. The van der Waals surface area contributed by atoms with Gasteiger partial charge in [-0.25, -0.2) is 0 Å². The highest BCUT2D eigenvalue weighted by atomic mass is 35.5. The zero-order valence-electron chi connectivity index (χ0n) is 13.9. The standard InChI is InChI=1S/C20H17Cl2NO3/c21-18-8-2-7-17(19(18)22)20(24)23-11-14-4-1-5-15(10-14)12-25-13-16-6-3-9-26-16/h1-10H,11-13H2,(H,23,24). The van der Waals surface area contributed by atoms with E-state index in [1.54, 1.807) is 24.5 Å². The van der Waals surface area contributed by atoms with Crippen LogP contribution in [-0.4, -0.2) is 5.91 Å². The zero-order chi connectivity index (χ0) is 18.4. The number of furan rings is 1. The molecule has 0 bridgehead atoms. The Balaban J connectivity index is 1.55. The van der Waals surface area contributed by atoms with E-state index in [1.165, 1.54) is 0 Å². The predicted molar refractivity (Wildman–Crippen MR) is 101 cm³/mol. The van der Waals surface area contributed by atoms with Crippen LogP contribution in [0.5, 0.6) is 0 Å². The lowest BCUT2D eigenvalue weighted by Gasteiger charge is -2.09. The number of rotatable bonds is 7. The zero-order valence-corrected chi connectivity index (χ0v) is 15.4. The smallest absolute Gasteiger partial charge is 0.253 e. The van der Waals surface area contributed by atoms with Crippen LogP contribution < -0.4 is 5.32 Å². The molecule has 0 fully saturated rings. The van der Waals surface area contributed by atoms with Crippen LogP contribution >= 0.6 is 23.2 Å². The minimum absolute atomic E-state index is 0.256. The van der Waals surface area contributed by atoms with Crippen molar-refractivity contribution in [3.8, 4) is 0 Å². The third-order valence-corrected chi connectivity index (χ3v) is 4.55. The van der Waals surface area contributed by atoms with Gasteiger partial charge in [0.25, 0.3) is 5.91 Å². The molecular formula is C20H17Cl2NO3. The van der Waals surface area contributed by atoms with Gasteiger partial charge in [-0.15, -0.1) is 0 Å². The fraction of sp³-hybridized carbons (Fsp3) is 0.150. The minimum atomic E-state index is -0.267. The van der Waals surface area contributed by atoms with Crippen molar-refractivity contribution in [2.45, 2.75) is 19.8 Å². The quantitative estimate of drug-likeness (QED) is 0.601. The predicted octanol–water partition coefficient (Wildman–Crippen LogP) is 5.23. The molecule has 0 atom stereocenters. The molecule has 3 rings (SSSR count). The third kappa shape index (κ3) is 4.88. The second-order valence-corrected chi connectivity index (χ2v) is 6.46. The molecule has 0 saturated heterocycles. The van der Waals surface area contributed by atoms with E-state index in [-0.39, 0.29) is 10.9 Å². The average Bonchev–Trinajstić information content (AvgIpc) is 3.16. The molecule has 0 aliphatic carbocycles. The summed E-state index contributed by atoms with van der Waals surface area (Å²) >= 11 is 12.0. The lowest BCUT2D eigenvalue weighted by atomic mass is 10.1. The highest BCUT2D eigenvalue weighted by Crippen LogP contribution is 2.25. The molecular weight excluding hydrogens is 373 g/mol. The number of benzene rings is 2. The first kappa shape index (κ1) is 18.5. The highest BCUT2D eigenvalue weighted by molar-refractivity contribution is 6.43. The molecule has 0 saturated carbocycles. The molecule has 1 heterocycles. The Morgan fingerprint density at radius 3 is 2.62 bits per heavy atom. The molecule has 0 radical (unpaired) electrons. The van der Waals surface area contributed by atoms with Gasteiger partial charge in [-0.05, 0) is 35.4 Å². The van der Waals surface area contributed by atoms with Crippen molar-refractivity contribution in [2.75, 3.05) is 0 Å². The van der Waals surface area contributed by atoms with Gasteiger partial charge in [0.05, 0.1) is 28.5 Å². The van der Waals surface area contributed by atoms with E-state index in [1.807, 2.05) is 36.4 Å². The van der Waals surface area contributed by atoms with Gasteiger partial charge in [-0.1, -0.05) is 53.5 Å². The second kappa shape index (κ2) is 8.90. The van der Waals surface area contributed by atoms with Crippen molar-refractivity contribution in [1.29, 1.82) is 0 Å². The molecule has 0 aliphatic rings. The summed E-state index contributed by atoms with van der Waals surface area (Å²) in [6.07, 6.45) is 1.62. The maximum atomic E-state index is 12.3. The van der Waals surface area contributed by atoms with E-state index < -0.39 is 0 Å². The molecule has 0 unspecified atom stereocenters. The van der Waals surface area contributed by atoms with E-state index in [2.05, 4.69) is 5.32 Å². The lowest BCUT2D eigenvalue weighted by molar-refractivity contribution is 0.0928. The SMILES string of the molecule is O=C(NCc1cccc(COCc2ccco2)c1)c1cccc(Cl)c1Cl. The molecule has 3 aromatic rings. The van der Waals surface area contributed by atoms with Crippen molar-refractivity contribution in [2.24, 2.45) is 0 Å². The fourth-order valence-corrected chi connectivity index (χ4v) is 2.84. The number of nitrogens with one attached hydrogen (secondary N) is 1. The van der Waals surface area contributed by atoms with Crippen molar-refractivity contribution in [3.05, 3.63) is 93.4 Å². The highest BCUT2D eigenvalue weighted by Gasteiger charge is 2.12. The number of carbonyl (C=O) groups is 1. The summed E-state index contributed by atoms with van der Waals surface area (Å²) in [7, 11) is 0. The van der Waals surface area contributed by atoms with Crippen LogP contribution in [0, 0.1) is 0 Å². The molecule has 26 heavy (non-hydrogen) atoms. The van der Waals surface area contributed by atoms with Crippen LogP contribution in [0.25, 0.3) is 0 Å². The summed E-state index contributed by atoms with van der Waals surface area (Å²) in [5.41, 5.74) is 2.34. The summed E-state index contributed by atoms with van der Waals surface area (Å²) in [6, 6.07) is 16.5. The van der Waals surface area contributed by atoms with Gasteiger partial charge in [0.1, 0.15) is 12.4 Å². The summed E-state index contributed by atoms with van der Waals surface area (Å²) in [6.45, 7) is 1.26. The van der Waals surface area contributed by atoms with Gasteiger partial charge in [-0.2, -0.15) is 0 Å². The first-order valence-electron chi connectivity index (χ1n) is 8.03. The van der Waals surface area contributed by atoms with Crippen molar-refractivity contribution in [3.63, 3.8) is 0 Å². The van der Waals surface area contributed by atoms with Crippen LogP contribution in [-0.2, 0) is 24.5 Å². The Labute approximate surface area is 161 Å². The lowest BCUT2D eigenvalue weighted by Crippen LogP contribution is -2.23. The molecule has 6 heteroatoms. The van der Waals surface area contributed by atoms with Gasteiger partial charge < -0.3 is 14.5 Å². The van der Waals surface area contributed by atoms with Crippen LogP contribution in [0.4, 0.5) is 0 Å². The number of hydrogen-bond donors (Lipinski definition) is 1. The number of halogens is 2. The van der Waals surface area contributed by atoms with Crippen LogP contribution in [0.1, 0.15) is 27.2 Å². The normalized spacial score (nSPS) is 10.7. The average molecular weight is 390 g/mol. The van der Waals surface area contributed by atoms with E-state index in [4.69, 9.17) is 32.4 Å². The molecule has 0 spiro atoms. The van der Waals surface area contributed by atoms with Crippen molar-refractivity contribution < 1.29 is 13.9 Å². The van der Waals surface area contributed by atoms with Gasteiger partial charge in [0.2, 0.25) is 0 Å². The van der Waals surface area contributed by atoms with Crippen LogP contribution in [0.2, 0.25) is 10.0 Å². The first-order valence-corrected chi connectivity index (χ1v) is 8.79. The van der Waals surface area contributed by atoms with Crippen molar-refractivity contribution in [1.82, 2.24) is 5.32 Å². The van der Waals surface area contributed by atoms with Crippen molar-refractivity contribution >= 4 is 29.1 Å². The third-order valence-electron chi connectivity index (χ3n) is 3.73. The Morgan fingerprint density at radius 1 is 1.00 bits per heavy atom. The van der Waals surface area contributed by atoms with E-state index in [9.17, 15) is 4.79 Å². The number of carbonyl (C=O) groups excluding carboxylic acids is 1. The minimum Gasteiger partial charge on any atom is -0.467 e. The van der Waals surface area contributed by atoms with Crippen LogP contribution in [0.3, 0.4) is 0 Å². The maximum absolute atomic E-state index is 12.3. The van der Waals surface area contributed by atoms with E-state index in [0.29, 0.717) is 30.3 Å². The van der Waals surface area contributed by atoms with Gasteiger partial charge in [0, 0.05) is 6.54 Å². The Bertz CT molecular complexity index is 879. The molecule has 0 aliphatic heterocycles. The molecule has 1 aromatic heterocycles. The fourth-order valence-electron chi connectivity index (χ4n) is 2.45. The van der Waals surface area contributed by atoms with Crippen LogP contribution in [0.15, 0.2) is 65.3 Å². The Morgan fingerprint density at radius 2 is 1.81 bits per heavy atom. The molecule has 1 N–H and O–H groups in total. The van der Waals surface area contributed by atoms with Gasteiger partial charge in [0.15, 0.2) is 0 Å².